The third kappa shape index (κ3) is 4.77. The smallest absolute Gasteiger partial charge is 0.258 e. The minimum absolute atomic E-state index is 0.0546. The highest BCUT2D eigenvalue weighted by Crippen LogP contribution is 2.45. The number of carbonyl (C=O) groups excluding carboxylic acids is 2. The maximum absolute atomic E-state index is 13.8. The van der Waals surface area contributed by atoms with Gasteiger partial charge in [0.2, 0.25) is 0 Å². The van der Waals surface area contributed by atoms with Crippen molar-refractivity contribution in [1.29, 1.82) is 0 Å². The average Bonchev–Trinajstić information content (AvgIpc) is 3.32. The molecule has 1 saturated carbocycles. The zero-order chi connectivity index (χ0) is 27.5. The Bertz CT molecular complexity index is 1580. The molecule has 4 aromatic rings. The van der Waals surface area contributed by atoms with Crippen LogP contribution in [-0.2, 0) is 6.42 Å². The van der Waals surface area contributed by atoms with E-state index < -0.39 is 0 Å². The molecular weight excluding hydrogens is 496 g/mol. The fourth-order valence-electron chi connectivity index (χ4n) is 6.30. The first-order valence-electron chi connectivity index (χ1n) is 13.8. The number of benzene rings is 4. The van der Waals surface area contributed by atoms with Gasteiger partial charge in [-0.25, -0.2) is 0 Å². The Morgan fingerprint density at radius 2 is 1.55 bits per heavy atom. The van der Waals surface area contributed by atoms with Gasteiger partial charge >= 0.3 is 0 Å². The van der Waals surface area contributed by atoms with Crippen LogP contribution in [0.4, 0.5) is 11.4 Å². The van der Waals surface area contributed by atoms with Crippen LogP contribution in [0.3, 0.4) is 0 Å². The summed E-state index contributed by atoms with van der Waals surface area (Å²) in [5.41, 5.74) is 6.75. The number of anilines is 2. The molecule has 4 aromatic carbocycles. The molecule has 0 bridgehead atoms. The van der Waals surface area contributed by atoms with E-state index in [4.69, 9.17) is 5.84 Å². The molecule has 1 unspecified atom stereocenters. The molecule has 200 valence electrons. The highest BCUT2D eigenvalue weighted by atomic mass is 16.2. The molecule has 1 heterocycles. The SMILES string of the molecule is N/N=C1\CCCC12CCN(C(=O)c1ccc(NC(=O)c3ccccc3-c3ccccc3)cc1)c1ccccc1C2. The summed E-state index contributed by atoms with van der Waals surface area (Å²) in [6.45, 7) is 0.601. The fraction of sp³-hybridized carbons (Fsp3) is 0.206. The second-order valence-electron chi connectivity index (χ2n) is 10.7. The number of fused-ring (bicyclic) bond motifs is 1. The second kappa shape index (κ2) is 10.8. The van der Waals surface area contributed by atoms with E-state index in [2.05, 4.69) is 16.5 Å². The van der Waals surface area contributed by atoms with Crippen molar-refractivity contribution in [2.75, 3.05) is 16.8 Å². The van der Waals surface area contributed by atoms with Crippen molar-refractivity contribution >= 4 is 28.9 Å². The fourth-order valence-corrected chi connectivity index (χ4v) is 6.30. The number of nitrogens with two attached hydrogens (primary N) is 1. The predicted octanol–water partition coefficient (Wildman–Crippen LogP) is 6.68. The lowest BCUT2D eigenvalue weighted by atomic mass is 9.76. The highest BCUT2D eigenvalue weighted by molar-refractivity contribution is 6.10. The maximum atomic E-state index is 13.8. The Balaban J connectivity index is 1.22. The summed E-state index contributed by atoms with van der Waals surface area (Å²) < 4.78 is 0. The maximum Gasteiger partial charge on any atom is 0.258 e. The van der Waals surface area contributed by atoms with E-state index in [1.165, 1.54) is 0 Å². The lowest BCUT2D eigenvalue weighted by Gasteiger charge is -2.28. The summed E-state index contributed by atoms with van der Waals surface area (Å²) in [7, 11) is 0. The van der Waals surface area contributed by atoms with Gasteiger partial charge in [-0.3, -0.25) is 9.59 Å². The number of hydrogen-bond acceptors (Lipinski definition) is 4. The Morgan fingerprint density at radius 1 is 0.825 bits per heavy atom. The van der Waals surface area contributed by atoms with Gasteiger partial charge in [0, 0.05) is 40.2 Å². The van der Waals surface area contributed by atoms with Crippen molar-refractivity contribution in [3.05, 3.63) is 120 Å². The largest absolute Gasteiger partial charge is 0.323 e. The first-order valence-corrected chi connectivity index (χ1v) is 13.8. The molecule has 2 aliphatic rings. The second-order valence-corrected chi connectivity index (χ2v) is 10.7. The van der Waals surface area contributed by atoms with Crippen LogP contribution in [-0.4, -0.2) is 24.1 Å². The lowest BCUT2D eigenvalue weighted by molar-refractivity contribution is 0.0984. The molecule has 6 heteroatoms. The van der Waals surface area contributed by atoms with Gasteiger partial charge in [-0.15, -0.1) is 0 Å². The predicted molar refractivity (Wildman–Crippen MR) is 161 cm³/mol. The molecule has 3 N–H and O–H groups in total. The van der Waals surface area contributed by atoms with Gasteiger partial charge in [0.15, 0.2) is 0 Å². The topological polar surface area (TPSA) is 87.8 Å². The van der Waals surface area contributed by atoms with Crippen LogP contribution in [0.25, 0.3) is 11.1 Å². The molecular formula is C34H32N4O2. The molecule has 1 fully saturated rings. The molecule has 1 spiro atoms. The van der Waals surface area contributed by atoms with Crippen LogP contribution >= 0.6 is 0 Å². The number of hydrazone groups is 1. The van der Waals surface area contributed by atoms with Crippen molar-refractivity contribution in [3.63, 3.8) is 0 Å². The number of para-hydroxylation sites is 1. The zero-order valence-electron chi connectivity index (χ0n) is 22.3. The molecule has 1 aliphatic heterocycles. The Hall–Kier alpha value is -4.71. The van der Waals surface area contributed by atoms with E-state index in [1.54, 1.807) is 24.3 Å². The first-order chi connectivity index (χ1) is 19.6. The molecule has 2 amide bonds. The van der Waals surface area contributed by atoms with Crippen LogP contribution in [0.5, 0.6) is 0 Å². The lowest BCUT2D eigenvalue weighted by Crippen LogP contribution is -2.35. The summed E-state index contributed by atoms with van der Waals surface area (Å²) >= 11 is 0. The van der Waals surface area contributed by atoms with Crippen LogP contribution in [0, 0.1) is 5.41 Å². The molecule has 40 heavy (non-hydrogen) atoms. The first kappa shape index (κ1) is 25.6. The number of rotatable bonds is 4. The van der Waals surface area contributed by atoms with Gasteiger partial charge < -0.3 is 16.1 Å². The normalized spacial score (nSPS) is 19.3. The average molecular weight is 529 g/mol. The van der Waals surface area contributed by atoms with Crippen LogP contribution in [0.15, 0.2) is 108 Å². The van der Waals surface area contributed by atoms with Crippen molar-refractivity contribution in [3.8, 4) is 11.1 Å². The number of nitrogens with zero attached hydrogens (tertiary/aromatic N) is 2. The third-order valence-electron chi connectivity index (χ3n) is 8.35. The van der Waals surface area contributed by atoms with Crippen LogP contribution in [0.1, 0.15) is 52.0 Å². The Morgan fingerprint density at radius 3 is 2.35 bits per heavy atom. The molecule has 1 aliphatic carbocycles. The number of hydrogen-bond donors (Lipinski definition) is 2. The number of nitrogens with one attached hydrogen (secondary N) is 1. The molecule has 0 radical (unpaired) electrons. The zero-order valence-corrected chi connectivity index (χ0v) is 22.3. The molecule has 0 aromatic heterocycles. The van der Waals surface area contributed by atoms with E-state index in [0.29, 0.717) is 23.4 Å². The van der Waals surface area contributed by atoms with Crippen molar-refractivity contribution in [2.24, 2.45) is 16.4 Å². The number of amides is 2. The van der Waals surface area contributed by atoms with Gasteiger partial charge in [-0.1, -0.05) is 66.7 Å². The van der Waals surface area contributed by atoms with Crippen molar-refractivity contribution in [1.82, 2.24) is 0 Å². The molecule has 0 saturated heterocycles. The van der Waals surface area contributed by atoms with Gasteiger partial charge in [0.1, 0.15) is 0 Å². The van der Waals surface area contributed by atoms with Crippen LogP contribution < -0.4 is 16.1 Å². The van der Waals surface area contributed by atoms with Gasteiger partial charge in [0.25, 0.3) is 11.8 Å². The minimum atomic E-state index is -0.195. The van der Waals surface area contributed by atoms with Gasteiger partial charge in [0.05, 0.1) is 0 Å². The summed E-state index contributed by atoms with van der Waals surface area (Å²) in [5, 5.41) is 7.16. The summed E-state index contributed by atoms with van der Waals surface area (Å²) in [4.78, 5) is 28.9. The van der Waals surface area contributed by atoms with Gasteiger partial charge in [-0.2, -0.15) is 5.10 Å². The van der Waals surface area contributed by atoms with Crippen molar-refractivity contribution in [2.45, 2.75) is 32.1 Å². The van der Waals surface area contributed by atoms with E-state index in [0.717, 1.165) is 60.2 Å². The summed E-state index contributed by atoms with van der Waals surface area (Å²) in [5.74, 6) is 5.55. The van der Waals surface area contributed by atoms with E-state index in [9.17, 15) is 9.59 Å². The molecule has 6 nitrogen and oxygen atoms in total. The quantitative estimate of drug-likeness (QED) is 0.229. The molecule has 6 rings (SSSR count). The van der Waals surface area contributed by atoms with Crippen molar-refractivity contribution < 1.29 is 9.59 Å². The Labute approximate surface area is 234 Å². The summed E-state index contributed by atoms with van der Waals surface area (Å²) in [6, 6.07) is 32.7. The molecule has 1 atom stereocenters. The summed E-state index contributed by atoms with van der Waals surface area (Å²) in [6.07, 6.45) is 4.72. The number of carbonyl (C=O) groups is 2. The standard InChI is InChI=1S/C34H32N4O2/c35-37-31-15-8-20-34(31)21-22-38(30-14-7-4-11-26(30)23-34)33(40)25-16-18-27(19-17-25)36-32(39)29-13-6-5-12-28(29)24-9-2-1-3-10-24/h1-7,9-14,16-19H,8,15,20-23,35H2,(H,36,39)/b37-31+. The monoisotopic (exact) mass is 528 g/mol. The van der Waals surface area contributed by atoms with E-state index >= 15 is 0 Å². The highest BCUT2D eigenvalue weighted by Gasteiger charge is 2.43. The minimum Gasteiger partial charge on any atom is -0.323 e. The third-order valence-corrected chi connectivity index (χ3v) is 8.35. The van der Waals surface area contributed by atoms with Crippen LogP contribution in [0.2, 0.25) is 0 Å². The Kier molecular flexibility index (Phi) is 6.91. The van der Waals surface area contributed by atoms with Gasteiger partial charge in [-0.05, 0) is 85.2 Å². The van der Waals surface area contributed by atoms with E-state index in [-0.39, 0.29) is 17.2 Å². The van der Waals surface area contributed by atoms with E-state index in [1.807, 2.05) is 77.7 Å².